The first kappa shape index (κ1) is 14.2. The van der Waals surface area contributed by atoms with Gasteiger partial charge in [0.2, 0.25) is 0 Å². The van der Waals surface area contributed by atoms with Gasteiger partial charge in [-0.3, -0.25) is 14.9 Å². The lowest BCUT2D eigenvalue weighted by molar-refractivity contribution is -0.380. The number of nitrogens with zero attached hydrogens (tertiary/aromatic N) is 1. The maximum atomic E-state index is 12.1. The van der Waals surface area contributed by atoms with Crippen LogP contribution in [0.25, 0.3) is 0 Å². The van der Waals surface area contributed by atoms with E-state index in [-0.39, 0.29) is 10.9 Å². The van der Waals surface area contributed by atoms with Crippen LogP contribution in [0.5, 0.6) is 0 Å². The molecule has 0 unspecified atom stereocenters. The molecule has 1 aromatic carbocycles. The van der Waals surface area contributed by atoms with Crippen LogP contribution in [0.4, 0.5) is 5.00 Å². The zero-order valence-electron chi connectivity index (χ0n) is 11.1. The van der Waals surface area contributed by atoms with E-state index >= 15 is 0 Å². The Morgan fingerprint density at radius 3 is 2.40 bits per heavy atom. The second-order valence-electron chi connectivity index (χ2n) is 4.84. The normalized spacial score (nSPS) is 11.1. The van der Waals surface area contributed by atoms with Crippen molar-refractivity contribution in [2.24, 2.45) is 0 Å². The summed E-state index contributed by atoms with van der Waals surface area (Å²) in [6.45, 7) is 3.78. The summed E-state index contributed by atoms with van der Waals surface area (Å²) in [5.41, 5.74) is 0.427. The average Bonchev–Trinajstić information content (AvgIpc) is 2.89. The Hall–Kier alpha value is -2.21. The Kier molecular flexibility index (Phi) is 3.85. The van der Waals surface area contributed by atoms with Crippen LogP contribution in [0.15, 0.2) is 42.5 Å². The molecule has 1 amide bonds. The van der Waals surface area contributed by atoms with Gasteiger partial charge in [0.15, 0.2) is 0 Å². The molecule has 2 aromatic rings. The number of carbonyl (C=O) groups excluding carboxylic acids is 1. The van der Waals surface area contributed by atoms with Crippen LogP contribution in [0.1, 0.15) is 29.1 Å². The predicted octanol–water partition coefficient (Wildman–Crippen LogP) is 3.32. The van der Waals surface area contributed by atoms with Crippen molar-refractivity contribution in [3.05, 3.63) is 63.0 Å². The van der Waals surface area contributed by atoms with Gasteiger partial charge in [0.1, 0.15) is 0 Å². The molecule has 0 aliphatic rings. The van der Waals surface area contributed by atoms with Crippen molar-refractivity contribution < 1.29 is 9.72 Å². The first-order valence-electron chi connectivity index (χ1n) is 6.02. The second-order valence-corrected chi connectivity index (χ2v) is 5.90. The Bertz CT molecular complexity index is 635. The molecule has 0 aliphatic carbocycles. The third-order valence-corrected chi connectivity index (χ3v) is 3.95. The topological polar surface area (TPSA) is 72.2 Å². The summed E-state index contributed by atoms with van der Waals surface area (Å²) in [4.78, 5) is 22.6. The van der Waals surface area contributed by atoms with Gasteiger partial charge in [-0.05, 0) is 25.5 Å². The minimum atomic E-state index is -0.545. The Morgan fingerprint density at radius 1 is 1.20 bits per heavy atom. The molecule has 0 aliphatic heterocycles. The smallest absolute Gasteiger partial charge is 0.324 e. The molecule has 0 atom stereocenters. The standard InChI is InChI=1S/C14H14N2O3S/c1-14(2,10-6-4-3-5-7-10)15-13(17)11-8-9-12(20-11)16(18)19/h3-9H,1-2H3,(H,15,17). The highest BCUT2D eigenvalue weighted by atomic mass is 32.1. The summed E-state index contributed by atoms with van der Waals surface area (Å²) in [7, 11) is 0. The summed E-state index contributed by atoms with van der Waals surface area (Å²) in [5.74, 6) is -0.308. The molecular weight excluding hydrogens is 276 g/mol. The molecule has 0 spiro atoms. The lowest BCUT2D eigenvalue weighted by Crippen LogP contribution is -2.40. The van der Waals surface area contributed by atoms with Crippen LogP contribution in [0.2, 0.25) is 0 Å². The van der Waals surface area contributed by atoms with E-state index in [1.165, 1.54) is 12.1 Å². The molecule has 1 heterocycles. The molecule has 2 rings (SSSR count). The number of hydrogen-bond acceptors (Lipinski definition) is 4. The van der Waals surface area contributed by atoms with E-state index < -0.39 is 10.5 Å². The fraction of sp³-hybridized carbons (Fsp3) is 0.214. The van der Waals surface area contributed by atoms with Gasteiger partial charge in [-0.15, -0.1) is 0 Å². The summed E-state index contributed by atoms with van der Waals surface area (Å²) in [6.07, 6.45) is 0. The van der Waals surface area contributed by atoms with E-state index in [4.69, 9.17) is 0 Å². The fourth-order valence-corrected chi connectivity index (χ4v) is 2.54. The SMILES string of the molecule is CC(C)(NC(=O)c1ccc([N+](=O)[O-])s1)c1ccccc1. The summed E-state index contributed by atoms with van der Waals surface area (Å²) < 4.78 is 0. The highest BCUT2D eigenvalue weighted by molar-refractivity contribution is 7.17. The molecule has 20 heavy (non-hydrogen) atoms. The molecule has 104 valence electrons. The number of rotatable bonds is 4. The molecule has 6 heteroatoms. The lowest BCUT2D eigenvalue weighted by atomic mass is 9.94. The third-order valence-electron chi connectivity index (χ3n) is 2.92. The van der Waals surface area contributed by atoms with Crippen molar-refractivity contribution in [2.45, 2.75) is 19.4 Å². The highest BCUT2D eigenvalue weighted by Crippen LogP contribution is 2.26. The van der Waals surface area contributed by atoms with Crippen molar-refractivity contribution in [3.63, 3.8) is 0 Å². The first-order valence-corrected chi connectivity index (χ1v) is 6.84. The molecule has 0 bridgehead atoms. The van der Waals surface area contributed by atoms with Gasteiger partial charge >= 0.3 is 5.00 Å². The maximum Gasteiger partial charge on any atom is 0.324 e. The van der Waals surface area contributed by atoms with Gasteiger partial charge in [0.05, 0.1) is 15.3 Å². The molecule has 0 saturated heterocycles. The number of hydrogen-bond donors (Lipinski definition) is 1. The Morgan fingerprint density at radius 2 is 1.85 bits per heavy atom. The molecule has 0 saturated carbocycles. The van der Waals surface area contributed by atoms with Crippen LogP contribution in [-0.4, -0.2) is 10.8 Å². The largest absolute Gasteiger partial charge is 0.342 e. The van der Waals surface area contributed by atoms with Crippen molar-refractivity contribution in [1.82, 2.24) is 5.32 Å². The molecular formula is C14H14N2O3S. The summed E-state index contributed by atoms with van der Waals surface area (Å²) >= 11 is 0.874. The van der Waals surface area contributed by atoms with Crippen LogP contribution >= 0.6 is 11.3 Å². The average molecular weight is 290 g/mol. The van der Waals surface area contributed by atoms with E-state index in [1.54, 1.807) is 0 Å². The van der Waals surface area contributed by atoms with Crippen LogP contribution < -0.4 is 5.32 Å². The Labute approximate surface area is 120 Å². The zero-order chi connectivity index (χ0) is 14.8. The van der Waals surface area contributed by atoms with Crippen LogP contribution in [-0.2, 0) is 5.54 Å². The molecule has 5 nitrogen and oxygen atoms in total. The first-order chi connectivity index (χ1) is 9.40. The van der Waals surface area contributed by atoms with E-state index in [2.05, 4.69) is 5.32 Å². The number of nitrogens with one attached hydrogen (secondary N) is 1. The minimum absolute atomic E-state index is 0.0346. The highest BCUT2D eigenvalue weighted by Gasteiger charge is 2.24. The Balaban J connectivity index is 2.16. The second kappa shape index (κ2) is 5.42. The third kappa shape index (κ3) is 3.03. The monoisotopic (exact) mass is 290 g/mol. The van der Waals surface area contributed by atoms with Crippen molar-refractivity contribution >= 4 is 22.2 Å². The maximum absolute atomic E-state index is 12.1. The van der Waals surface area contributed by atoms with Gasteiger partial charge < -0.3 is 5.32 Å². The van der Waals surface area contributed by atoms with Gasteiger partial charge in [-0.25, -0.2) is 0 Å². The number of thiophene rings is 1. The van der Waals surface area contributed by atoms with Gasteiger partial charge in [0, 0.05) is 6.07 Å². The van der Waals surface area contributed by atoms with Crippen LogP contribution in [0, 0.1) is 10.1 Å². The van der Waals surface area contributed by atoms with E-state index in [0.29, 0.717) is 4.88 Å². The summed E-state index contributed by atoms with van der Waals surface area (Å²) in [6, 6.07) is 12.4. The van der Waals surface area contributed by atoms with E-state index in [1.807, 2.05) is 44.2 Å². The van der Waals surface area contributed by atoms with E-state index in [9.17, 15) is 14.9 Å². The quantitative estimate of drug-likeness (QED) is 0.693. The predicted molar refractivity (Wildman–Crippen MR) is 77.9 cm³/mol. The fourth-order valence-electron chi connectivity index (χ4n) is 1.82. The van der Waals surface area contributed by atoms with Gasteiger partial charge in [-0.2, -0.15) is 0 Å². The van der Waals surface area contributed by atoms with Crippen LogP contribution in [0.3, 0.4) is 0 Å². The molecule has 0 radical (unpaired) electrons. The summed E-state index contributed by atoms with van der Waals surface area (Å²) in [5, 5.41) is 13.5. The van der Waals surface area contributed by atoms with E-state index in [0.717, 1.165) is 16.9 Å². The number of nitro groups is 1. The molecule has 1 N–H and O–H groups in total. The lowest BCUT2D eigenvalue weighted by Gasteiger charge is -2.26. The van der Waals surface area contributed by atoms with Crippen molar-refractivity contribution in [2.75, 3.05) is 0 Å². The molecule has 1 aromatic heterocycles. The van der Waals surface area contributed by atoms with Gasteiger partial charge in [0.25, 0.3) is 5.91 Å². The zero-order valence-corrected chi connectivity index (χ0v) is 11.9. The minimum Gasteiger partial charge on any atom is -0.342 e. The number of carbonyl (C=O) groups is 1. The van der Waals surface area contributed by atoms with Crippen molar-refractivity contribution in [1.29, 1.82) is 0 Å². The number of amides is 1. The van der Waals surface area contributed by atoms with Gasteiger partial charge in [-0.1, -0.05) is 41.7 Å². The number of benzene rings is 1. The van der Waals surface area contributed by atoms with Crippen molar-refractivity contribution in [3.8, 4) is 0 Å². The molecule has 0 fully saturated rings.